The summed E-state index contributed by atoms with van der Waals surface area (Å²) in [4.78, 5) is 9.25. The van der Waals surface area contributed by atoms with Gasteiger partial charge in [0.15, 0.2) is 5.54 Å². The minimum Gasteiger partial charge on any atom is -0.462 e. The Labute approximate surface area is 184 Å². The van der Waals surface area contributed by atoms with Crippen molar-refractivity contribution in [3.63, 3.8) is 0 Å². The second-order valence-corrected chi connectivity index (χ2v) is 9.99. The quantitative estimate of drug-likeness (QED) is 0.642. The fourth-order valence-corrected chi connectivity index (χ4v) is 3.39. The third kappa shape index (κ3) is 4.23. The molecule has 2 N–H and O–H groups in total. The van der Waals surface area contributed by atoms with Gasteiger partial charge in [0.25, 0.3) is 6.02 Å². The molecule has 0 saturated carbocycles. The van der Waals surface area contributed by atoms with Crippen molar-refractivity contribution in [1.29, 1.82) is 0 Å². The number of fused-ring (bicyclic) bond motifs is 4. The molecule has 0 fully saturated rings. The number of aliphatic imine (C=N–C) groups is 1. The van der Waals surface area contributed by atoms with E-state index in [-0.39, 0.29) is 23.5 Å². The molecule has 3 heterocycles. The third-order valence-corrected chi connectivity index (χ3v) is 4.82. The highest BCUT2D eigenvalue weighted by molar-refractivity contribution is 5.76. The predicted molar refractivity (Wildman–Crippen MR) is 122 cm³/mol. The summed E-state index contributed by atoms with van der Waals surface area (Å²) in [5, 5.41) is 0. The van der Waals surface area contributed by atoms with E-state index < -0.39 is 5.54 Å². The molecule has 31 heavy (non-hydrogen) atoms. The van der Waals surface area contributed by atoms with E-state index in [1.54, 1.807) is 6.20 Å². The molecular formula is C26H27N3O2. The van der Waals surface area contributed by atoms with Crippen LogP contribution in [0.25, 0.3) is 0 Å². The zero-order valence-corrected chi connectivity index (χ0v) is 18.9. The van der Waals surface area contributed by atoms with Gasteiger partial charge in [-0.25, -0.2) is 9.98 Å². The number of hydrogen-bond acceptors (Lipinski definition) is 5. The summed E-state index contributed by atoms with van der Waals surface area (Å²) in [5.41, 5.74) is 8.27. The molecule has 5 heteroatoms. The van der Waals surface area contributed by atoms with Crippen LogP contribution in [0, 0.1) is 34.5 Å². The fraction of sp³-hybridized carbons (Fsp3) is 0.385. The van der Waals surface area contributed by atoms with Crippen LogP contribution in [0.3, 0.4) is 0 Å². The second-order valence-electron chi connectivity index (χ2n) is 9.99. The molecule has 158 valence electrons. The van der Waals surface area contributed by atoms with Crippen LogP contribution in [0.1, 0.15) is 63.8 Å². The first-order valence-electron chi connectivity index (χ1n) is 10.3. The fourth-order valence-electron chi connectivity index (χ4n) is 3.39. The van der Waals surface area contributed by atoms with Gasteiger partial charge in [0.1, 0.15) is 12.4 Å². The summed E-state index contributed by atoms with van der Waals surface area (Å²) in [5.74, 6) is 14.2. The van der Waals surface area contributed by atoms with Gasteiger partial charge in [0.05, 0.1) is 5.56 Å². The van der Waals surface area contributed by atoms with E-state index >= 15 is 0 Å². The molecule has 0 amide bonds. The highest BCUT2D eigenvalue weighted by atomic mass is 16.5. The van der Waals surface area contributed by atoms with Crippen LogP contribution in [0.4, 0.5) is 0 Å². The number of nitrogens with zero attached hydrogens (tertiary/aromatic N) is 2. The Morgan fingerprint density at radius 3 is 2.19 bits per heavy atom. The zero-order chi connectivity index (χ0) is 22.4. The summed E-state index contributed by atoms with van der Waals surface area (Å²) in [7, 11) is 0. The van der Waals surface area contributed by atoms with E-state index in [0.717, 1.165) is 22.3 Å². The molecule has 0 aliphatic carbocycles. The SMILES string of the molecule is CC(C)(C)C#Cc1ccc2c(c1)[C@]1(COC(N)=N1)c1cc(C#CC(C)(C)C)cnc1O2. The lowest BCUT2D eigenvalue weighted by Crippen LogP contribution is -2.31. The maximum absolute atomic E-state index is 6.13. The van der Waals surface area contributed by atoms with E-state index in [1.807, 2.05) is 24.3 Å². The van der Waals surface area contributed by atoms with Crippen molar-refractivity contribution in [2.24, 2.45) is 21.6 Å². The van der Waals surface area contributed by atoms with Crippen LogP contribution in [-0.4, -0.2) is 17.6 Å². The lowest BCUT2D eigenvalue weighted by atomic mass is 9.81. The van der Waals surface area contributed by atoms with Gasteiger partial charge in [-0.15, -0.1) is 0 Å². The van der Waals surface area contributed by atoms with Crippen LogP contribution in [0.2, 0.25) is 0 Å². The first kappa shape index (κ1) is 20.8. The maximum atomic E-state index is 6.13. The maximum Gasteiger partial charge on any atom is 0.283 e. The van der Waals surface area contributed by atoms with Gasteiger partial charge in [-0.2, -0.15) is 0 Å². The van der Waals surface area contributed by atoms with E-state index in [1.165, 1.54) is 0 Å². The average molecular weight is 414 g/mol. The van der Waals surface area contributed by atoms with Crippen LogP contribution < -0.4 is 10.5 Å². The molecule has 1 aromatic carbocycles. The molecule has 4 rings (SSSR count). The van der Waals surface area contributed by atoms with E-state index in [4.69, 9.17) is 20.2 Å². The molecule has 5 nitrogen and oxygen atoms in total. The number of aromatic nitrogens is 1. The van der Waals surface area contributed by atoms with Crippen LogP contribution in [0.5, 0.6) is 11.6 Å². The number of hydrogen-bond donors (Lipinski definition) is 1. The van der Waals surface area contributed by atoms with Gasteiger partial charge in [0, 0.05) is 33.7 Å². The number of amidine groups is 1. The Kier molecular flexibility index (Phi) is 4.74. The van der Waals surface area contributed by atoms with Crippen molar-refractivity contribution in [2.75, 3.05) is 6.61 Å². The van der Waals surface area contributed by atoms with Crippen LogP contribution in [0.15, 0.2) is 35.5 Å². The van der Waals surface area contributed by atoms with Crippen molar-refractivity contribution in [2.45, 2.75) is 47.1 Å². The second kappa shape index (κ2) is 7.06. The van der Waals surface area contributed by atoms with Crippen LogP contribution in [-0.2, 0) is 10.3 Å². The molecule has 0 saturated heterocycles. The lowest BCUT2D eigenvalue weighted by Gasteiger charge is -2.32. The molecule has 1 spiro atoms. The van der Waals surface area contributed by atoms with E-state index in [2.05, 4.69) is 70.2 Å². The van der Waals surface area contributed by atoms with Crippen molar-refractivity contribution < 1.29 is 9.47 Å². The number of rotatable bonds is 0. The average Bonchev–Trinajstić information content (AvgIpc) is 3.07. The molecule has 0 bridgehead atoms. The molecule has 2 aliphatic rings. The highest BCUT2D eigenvalue weighted by Crippen LogP contribution is 2.50. The first-order chi connectivity index (χ1) is 14.5. The van der Waals surface area contributed by atoms with Crippen molar-refractivity contribution in [3.05, 3.63) is 52.7 Å². The molecular weight excluding hydrogens is 386 g/mol. The van der Waals surface area contributed by atoms with Crippen molar-refractivity contribution >= 4 is 6.02 Å². The van der Waals surface area contributed by atoms with E-state index in [0.29, 0.717) is 11.6 Å². The standard InChI is InChI=1S/C26H27N3O2/c1-24(2,3)11-9-17-7-8-21-19(13-17)26(16-30-23(27)29-26)20-14-18(10-12-25(4,5)6)15-28-22(20)31-21/h7-8,13-15H,16H2,1-6H3,(H2,27,29)/t26-/m1/s1. The summed E-state index contributed by atoms with van der Waals surface area (Å²) < 4.78 is 11.8. The van der Waals surface area contributed by atoms with Gasteiger partial charge >= 0.3 is 0 Å². The number of nitrogens with two attached hydrogens (primary N) is 1. The molecule has 0 radical (unpaired) electrons. The summed E-state index contributed by atoms with van der Waals surface area (Å²) in [6.45, 7) is 12.7. The normalized spacial score (nSPS) is 19.0. The summed E-state index contributed by atoms with van der Waals surface area (Å²) >= 11 is 0. The monoisotopic (exact) mass is 413 g/mol. The predicted octanol–water partition coefficient (Wildman–Crippen LogP) is 4.57. The Bertz CT molecular complexity index is 1120. The van der Waals surface area contributed by atoms with Gasteiger partial charge in [-0.05, 0) is 65.8 Å². The van der Waals surface area contributed by atoms with E-state index in [9.17, 15) is 0 Å². The van der Waals surface area contributed by atoms with Gasteiger partial charge < -0.3 is 15.2 Å². The first-order valence-corrected chi connectivity index (χ1v) is 10.3. The Hall–Kier alpha value is -3.44. The van der Waals surface area contributed by atoms with Gasteiger partial charge in [-0.1, -0.05) is 23.7 Å². The molecule has 1 aromatic heterocycles. The molecule has 0 unspecified atom stereocenters. The van der Waals surface area contributed by atoms with Crippen molar-refractivity contribution in [1.82, 2.24) is 4.98 Å². The number of benzene rings is 1. The van der Waals surface area contributed by atoms with Gasteiger partial charge in [-0.3, -0.25) is 0 Å². The minimum absolute atomic E-state index is 0.0969. The highest BCUT2D eigenvalue weighted by Gasteiger charge is 2.47. The Balaban J connectivity index is 1.87. The smallest absolute Gasteiger partial charge is 0.283 e. The number of ether oxygens (including phenoxy) is 2. The Morgan fingerprint density at radius 1 is 0.935 bits per heavy atom. The zero-order valence-electron chi connectivity index (χ0n) is 18.9. The summed E-state index contributed by atoms with van der Waals surface area (Å²) in [6, 6.07) is 7.99. The largest absolute Gasteiger partial charge is 0.462 e. The molecule has 2 aromatic rings. The number of pyridine rings is 1. The third-order valence-electron chi connectivity index (χ3n) is 4.82. The van der Waals surface area contributed by atoms with Gasteiger partial charge in [0.2, 0.25) is 5.88 Å². The molecule has 1 atom stereocenters. The minimum atomic E-state index is -0.834. The Morgan fingerprint density at radius 2 is 1.58 bits per heavy atom. The van der Waals surface area contributed by atoms with Crippen LogP contribution >= 0.6 is 0 Å². The molecule has 2 aliphatic heterocycles. The topological polar surface area (TPSA) is 69.7 Å². The van der Waals surface area contributed by atoms with Crippen molar-refractivity contribution in [3.8, 4) is 35.3 Å². The lowest BCUT2D eigenvalue weighted by molar-refractivity contribution is 0.262. The summed E-state index contributed by atoms with van der Waals surface area (Å²) in [6.07, 6.45) is 1.72.